The Labute approximate surface area is 81.5 Å². The molecule has 0 aliphatic carbocycles. The Morgan fingerprint density at radius 3 is 1.89 bits per heavy atom. The quantitative estimate of drug-likeness (QED) is 0.387. The molecule has 1 radical (unpaired) electrons. The van der Waals surface area contributed by atoms with Gasteiger partial charge in [0.15, 0.2) is 0 Å². The molecule has 0 aromatic carbocycles. The van der Waals surface area contributed by atoms with Crippen molar-refractivity contribution in [3.05, 3.63) is 20.3 Å². The van der Waals surface area contributed by atoms with Crippen LogP contribution in [-0.4, -0.2) is 14.7 Å². The van der Waals surface area contributed by atoms with Gasteiger partial charge in [0.25, 0.3) is 10.1 Å². The molecule has 0 amide bonds. The zero-order valence-corrected chi connectivity index (χ0v) is 9.07. The van der Waals surface area contributed by atoms with E-state index < -0.39 is 10.1 Å². The van der Waals surface area contributed by atoms with Crippen LogP contribution in [0.15, 0.2) is 6.58 Å². The third-order valence-corrected chi connectivity index (χ3v) is 0.631. The summed E-state index contributed by atoms with van der Waals surface area (Å²) in [7, 11) is -3.35. The van der Waals surface area contributed by atoms with Gasteiger partial charge in [-0.1, -0.05) is 0 Å². The third kappa shape index (κ3) is 17.7. The number of hydrogen-bond donors (Lipinski definition) is 0. The molecule has 0 aromatic heterocycles. The van der Waals surface area contributed by atoms with Crippen LogP contribution in [0, 0.1) is 13.7 Å². The largest absolute Gasteiger partial charge is 0.594 e. The van der Waals surface area contributed by atoms with Crippen LogP contribution in [0.1, 0.15) is 0 Å². The van der Waals surface area contributed by atoms with Gasteiger partial charge in [-0.05, 0) is 0 Å². The summed E-state index contributed by atoms with van der Waals surface area (Å²) in [5.41, 5.74) is 0. The second kappa shape index (κ2) is 6.71. The van der Waals surface area contributed by atoms with Crippen LogP contribution in [0.25, 0.3) is 0 Å². The Balaban J connectivity index is -0.000000180. The Kier molecular flexibility index (Phi) is 12.2. The topological polar surface area (TPSA) is 43.4 Å². The molecule has 0 fully saturated rings. The molecular weight excluding hydrogens is 217 g/mol. The van der Waals surface area contributed by atoms with E-state index in [2.05, 4.69) is 10.8 Å². The predicted molar refractivity (Wildman–Crippen MR) is 31.2 cm³/mol. The van der Waals surface area contributed by atoms with E-state index in [1.165, 1.54) is 0 Å². The summed E-state index contributed by atoms with van der Waals surface area (Å²) < 4.78 is 23.7. The second-order valence-electron chi connectivity index (χ2n) is 0.932. The van der Waals surface area contributed by atoms with E-state index in [-0.39, 0.29) is 40.1 Å². The SMILES string of the molecule is C=[C-]OS(C)(=O)=O.[CH3-].[Y]. The molecule has 0 aliphatic heterocycles. The average Bonchev–Trinajstić information content (AvgIpc) is 1.30. The van der Waals surface area contributed by atoms with E-state index in [0.29, 0.717) is 0 Å². The minimum Gasteiger partial charge on any atom is -0.594 e. The first-order valence-corrected chi connectivity index (χ1v) is 3.28. The van der Waals surface area contributed by atoms with Crippen molar-refractivity contribution in [1.29, 1.82) is 0 Å². The molecule has 5 heteroatoms. The Bertz CT molecular complexity index is 149. The number of hydrogen-bond acceptors (Lipinski definition) is 3. The molecule has 0 aliphatic rings. The maximum Gasteiger partial charge on any atom is 0.273 e. The van der Waals surface area contributed by atoms with Crippen LogP contribution in [0.3, 0.4) is 0 Å². The van der Waals surface area contributed by atoms with Crippen LogP contribution in [0.2, 0.25) is 0 Å². The molecule has 0 saturated heterocycles. The normalized spacial score (nSPS) is 8.11. The van der Waals surface area contributed by atoms with E-state index >= 15 is 0 Å². The summed E-state index contributed by atoms with van der Waals surface area (Å²) in [4.78, 5) is 0. The van der Waals surface area contributed by atoms with Crippen LogP contribution in [0.5, 0.6) is 0 Å². The number of rotatable bonds is 2. The maximum atomic E-state index is 9.91. The third-order valence-electron chi connectivity index (χ3n) is 0.210. The molecule has 0 aromatic rings. The van der Waals surface area contributed by atoms with Gasteiger partial charge in [-0.3, -0.25) is 6.26 Å². The predicted octanol–water partition coefficient (Wildman–Crippen LogP) is 0.357. The van der Waals surface area contributed by atoms with Crippen LogP contribution >= 0.6 is 0 Å². The van der Waals surface area contributed by atoms with E-state index in [4.69, 9.17) is 0 Å². The molecule has 3 nitrogen and oxygen atoms in total. The van der Waals surface area contributed by atoms with Crippen molar-refractivity contribution < 1.29 is 45.3 Å². The molecule has 53 valence electrons. The first-order chi connectivity index (χ1) is 3.06. The summed E-state index contributed by atoms with van der Waals surface area (Å²) in [5.74, 6) is 0. The van der Waals surface area contributed by atoms with Gasteiger partial charge >= 0.3 is 0 Å². The zero-order chi connectivity index (χ0) is 5.91. The molecule has 0 atom stereocenters. The van der Waals surface area contributed by atoms with Crippen molar-refractivity contribution in [2.24, 2.45) is 0 Å². The Hall–Kier alpha value is 0.594. The Morgan fingerprint density at radius 2 is 1.89 bits per heavy atom. The molecule has 0 bridgehead atoms. The maximum absolute atomic E-state index is 9.91. The van der Waals surface area contributed by atoms with Crippen LogP contribution < -0.4 is 0 Å². The smallest absolute Gasteiger partial charge is 0.273 e. The summed E-state index contributed by atoms with van der Waals surface area (Å²) in [5, 5.41) is 0. The summed E-state index contributed by atoms with van der Waals surface area (Å²) in [6.45, 7) is 2.92. The minimum atomic E-state index is -3.35. The Morgan fingerprint density at radius 1 is 1.56 bits per heavy atom. The van der Waals surface area contributed by atoms with Gasteiger partial charge in [-0.2, -0.15) is 8.42 Å². The van der Waals surface area contributed by atoms with Gasteiger partial charge in [0.2, 0.25) is 0 Å². The van der Waals surface area contributed by atoms with Crippen molar-refractivity contribution in [2.45, 2.75) is 0 Å². The minimum absolute atomic E-state index is 0. The van der Waals surface area contributed by atoms with E-state index in [9.17, 15) is 8.42 Å². The van der Waals surface area contributed by atoms with Gasteiger partial charge < -0.3 is 11.6 Å². The molecule has 0 N–H and O–H groups in total. The van der Waals surface area contributed by atoms with Crippen molar-refractivity contribution >= 4 is 10.1 Å². The fourth-order valence-electron chi connectivity index (χ4n) is 0.107. The fraction of sp³-hybridized carbons (Fsp3) is 0.250. The summed E-state index contributed by atoms with van der Waals surface area (Å²) in [6, 6.07) is 0. The van der Waals surface area contributed by atoms with E-state index in [0.717, 1.165) is 6.26 Å². The van der Waals surface area contributed by atoms with E-state index in [1.807, 2.05) is 0 Å². The van der Waals surface area contributed by atoms with Crippen molar-refractivity contribution in [3.63, 3.8) is 0 Å². The molecule has 0 unspecified atom stereocenters. The first-order valence-electron chi connectivity index (χ1n) is 1.47. The van der Waals surface area contributed by atoms with E-state index in [1.54, 1.807) is 6.26 Å². The summed E-state index contributed by atoms with van der Waals surface area (Å²) >= 11 is 0. The zero-order valence-electron chi connectivity index (χ0n) is 5.42. The molecule has 0 spiro atoms. The van der Waals surface area contributed by atoms with Gasteiger partial charge in [0.1, 0.15) is 0 Å². The molecule has 0 heterocycles. The van der Waals surface area contributed by atoms with Gasteiger partial charge in [0.05, 0.1) is 6.26 Å². The monoisotopic (exact) mass is 225 g/mol. The van der Waals surface area contributed by atoms with Crippen molar-refractivity contribution in [1.82, 2.24) is 0 Å². The summed E-state index contributed by atoms with van der Waals surface area (Å²) in [6.07, 6.45) is 2.69. The second-order valence-corrected chi connectivity index (χ2v) is 2.51. The van der Waals surface area contributed by atoms with Crippen LogP contribution in [0.4, 0.5) is 0 Å². The standard InChI is InChI=1S/C3H5O3S.CH3.Y/c1-3-6-7(2,4)5;;/h1H2,2H3;1H3;/q2*-1;. The van der Waals surface area contributed by atoms with Gasteiger partial charge in [0, 0.05) is 32.7 Å². The molecule has 0 rings (SSSR count). The molecular formula is C4H8O3SY-2. The molecule has 9 heavy (non-hydrogen) atoms. The van der Waals surface area contributed by atoms with Crippen molar-refractivity contribution in [3.8, 4) is 0 Å². The average molecular weight is 225 g/mol. The van der Waals surface area contributed by atoms with Gasteiger partial charge in [-0.15, -0.1) is 0 Å². The van der Waals surface area contributed by atoms with Crippen molar-refractivity contribution in [2.75, 3.05) is 6.26 Å². The fourth-order valence-corrected chi connectivity index (χ4v) is 0.321. The molecule has 0 saturated carbocycles. The van der Waals surface area contributed by atoms with Crippen LogP contribution in [-0.2, 0) is 47.0 Å². The first kappa shape index (κ1) is 16.3. The van der Waals surface area contributed by atoms with Gasteiger partial charge in [-0.25, -0.2) is 6.58 Å².